The molecule has 2 amide bonds. The Labute approximate surface area is 201 Å². The van der Waals surface area contributed by atoms with Crippen molar-refractivity contribution in [2.45, 2.75) is 62.9 Å². The van der Waals surface area contributed by atoms with E-state index in [0.29, 0.717) is 44.1 Å². The first-order valence-electron chi connectivity index (χ1n) is 12.5. The van der Waals surface area contributed by atoms with Crippen molar-refractivity contribution in [2.24, 2.45) is 23.2 Å². The Morgan fingerprint density at radius 1 is 1.03 bits per heavy atom. The maximum Gasteiger partial charge on any atom is 0.243 e. The minimum atomic E-state index is -3.54. The summed E-state index contributed by atoms with van der Waals surface area (Å²) in [5.41, 5.74) is 0.527. The predicted molar refractivity (Wildman–Crippen MR) is 126 cm³/mol. The normalized spacial score (nSPS) is 31.7. The van der Waals surface area contributed by atoms with Gasteiger partial charge in [-0.05, 0) is 80.9 Å². The molecule has 9 heteroatoms. The van der Waals surface area contributed by atoms with E-state index >= 15 is 0 Å². The van der Waals surface area contributed by atoms with Crippen LogP contribution in [0.5, 0.6) is 0 Å². The molecule has 4 saturated carbocycles. The summed E-state index contributed by atoms with van der Waals surface area (Å²) in [6, 6.07) is 5.97. The first kappa shape index (κ1) is 23.8. The summed E-state index contributed by atoms with van der Waals surface area (Å²) in [7, 11) is -3.54. The Morgan fingerprint density at radius 3 is 2.15 bits per heavy atom. The number of ether oxygens (including phenoxy) is 1. The third kappa shape index (κ3) is 4.62. The van der Waals surface area contributed by atoms with Crippen molar-refractivity contribution in [3.8, 4) is 0 Å². The quantitative estimate of drug-likeness (QED) is 0.610. The average Bonchev–Trinajstić information content (AvgIpc) is 2.82. The van der Waals surface area contributed by atoms with Gasteiger partial charge in [-0.1, -0.05) is 12.1 Å². The Bertz CT molecular complexity index is 998. The van der Waals surface area contributed by atoms with Crippen molar-refractivity contribution >= 4 is 21.8 Å². The van der Waals surface area contributed by atoms with E-state index in [-0.39, 0.29) is 28.7 Å². The SMILES string of the molecule is C[C@@H](NC(=O)C12CC3CC(CC(C3)C1)C2)C(=O)NCc1ccc(S(=O)(=O)N2CCOCC2)cc1. The second-order valence-electron chi connectivity index (χ2n) is 10.8. The number of carbonyl (C=O) groups excluding carboxylic acids is 2. The van der Waals surface area contributed by atoms with Gasteiger partial charge in [0.1, 0.15) is 6.04 Å². The van der Waals surface area contributed by atoms with Crippen LogP contribution in [0.25, 0.3) is 0 Å². The molecule has 186 valence electrons. The van der Waals surface area contributed by atoms with Gasteiger partial charge in [0.05, 0.1) is 18.1 Å². The Balaban J connectivity index is 1.13. The average molecular weight is 490 g/mol. The van der Waals surface area contributed by atoms with E-state index in [0.717, 1.165) is 24.8 Å². The monoisotopic (exact) mass is 489 g/mol. The number of sulfonamides is 1. The maximum absolute atomic E-state index is 13.2. The van der Waals surface area contributed by atoms with E-state index in [4.69, 9.17) is 4.74 Å². The molecule has 8 nitrogen and oxygen atoms in total. The molecule has 4 aliphatic carbocycles. The molecule has 34 heavy (non-hydrogen) atoms. The zero-order valence-corrected chi connectivity index (χ0v) is 20.6. The van der Waals surface area contributed by atoms with E-state index in [2.05, 4.69) is 10.6 Å². The largest absolute Gasteiger partial charge is 0.379 e. The molecule has 1 heterocycles. The molecule has 5 aliphatic rings. The van der Waals surface area contributed by atoms with Crippen LogP contribution in [0, 0.1) is 23.2 Å². The lowest BCUT2D eigenvalue weighted by molar-refractivity contribution is -0.148. The second kappa shape index (κ2) is 9.24. The molecule has 1 aromatic rings. The number of hydrogen-bond acceptors (Lipinski definition) is 5. The molecule has 4 bridgehead atoms. The van der Waals surface area contributed by atoms with Crippen molar-refractivity contribution in [3.05, 3.63) is 29.8 Å². The molecule has 0 aromatic heterocycles. The van der Waals surface area contributed by atoms with Gasteiger partial charge in [-0.2, -0.15) is 4.31 Å². The predicted octanol–water partition coefficient (Wildman–Crippen LogP) is 2.04. The number of morpholine rings is 1. The third-order valence-corrected chi connectivity index (χ3v) is 10.2. The van der Waals surface area contributed by atoms with Crippen LogP contribution in [0.1, 0.15) is 51.0 Å². The van der Waals surface area contributed by atoms with E-state index in [1.807, 2.05) is 0 Å². The smallest absolute Gasteiger partial charge is 0.243 e. The van der Waals surface area contributed by atoms with Crippen LogP contribution < -0.4 is 10.6 Å². The van der Waals surface area contributed by atoms with Crippen LogP contribution in [-0.2, 0) is 30.9 Å². The van der Waals surface area contributed by atoms with Gasteiger partial charge in [-0.15, -0.1) is 0 Å². The summed E-state index contributed by atoms with van der Waals surface area (Å²) >= 11 is 0. The zero-order valence-electron chi connectivity index (χ0n) is 19.8. The lowest BCUT2D eigenvalue weighted by Gasteiger charge is -2.55. The molecular formula is C25H35N3O5S. The van der Waals surface area contributed by atoms with Crippen molar-refractivity contribution in [3.63, 3.8) is 0 Å². The lowest BCUT2D eigenvalue weighted by atomic mass is 9.49. The maximum atomic E-state index is 13.2. The van der Waals surface area contributed by atoms with E-state index in [1.54, 1.807) is 31.2 Å². The van der Waals surface area contributed by atoms with Crippen LogP contribution in [-0.4, -0.2) is 56.9 Å². The summed E-state index contributed by atoms with van der Waals surface area (Å²) in [5, 5.41) is 5.86. The third-order valence-electron chi connectivity index (χ3n) is 8.26. The molecule has 0 radical (unpaired) electrons. The van der Waals surface area contributed by atoms with Crippen LogP contribution in [0.3, 0.4) is 0 Å². The van der Waals surface area contributed by atoms with E-state index in [9.17, 15) is 18.0 Å². The molecule has 1 atom stereocenters. The highest BCUT2D eigenvalue weighted by Gasteiger charge is 2.54. The lowest BCUT2D eigenvalue weighted by Crippen LogP contribution is -2.56. The molecule has 1 aliphatic heterocycles. The molecule has 1 saturated heterocycles. The minimum absolute atomic E-state index is 0.0481. The Kier molecular flexibility index (Phi) is 6.46. The summed E-state index contributed by atoms with van der Waals surface area (Å²) in [6.07, 6.45) is 6.73. The summed E-state index contributed by atoms with van der Waals surface area (Å²) in [5.74, 6) is 1.85. The topological polar surface area (TPSA) is 105 Å². The number of rotatable bonds is 7. The van der Waals surface area contributed by atoms with E-state index in [1.165, 1.54) is 23.6 Å². The highest BCUT2D eigenvalue weighted by Crippen LogP contribution is 2.60. The van der Waals surface area contributed by atoms with Crippen molar-refractivity contribution in [2.75, 3.05) is 26.3 Å². The fourth-order valence-electron chi connectivity index (χ4n) is 6.86. The van der Waals surface area contributed by atoms with Gasteiger partial charge in [-0.25, -0.2) is 8.42 Å². The van der Waals surface area contributed by atoms with Gasteiger partial charge in [0.25, 0.3) is 0 Å². The first-order valence-corrected chi connectivity index (χ1v) is 13.9. The Hall–Kier alpha value is -1.97. The number of nitrogens with one attached hydrogen (secondary N) is 2. The van der Waals surface area contributed by atoms with Gasteiger partial charge in [0.15, 0.2) is 0 Å². The number of nitrogens with zero attached hydrogens (tertiary/aromatic N) is 1. The van der Waals surface area contributed by atoms with Crippen molar-refractivity contribution < 1.29 is 22.7 Å². The van der Waals surface area contributed by atoms with Gasteiger partial charge in [0.2, 0.25) is 21.8 Å². The summed E-state index contributed by atoms with van der Waals surface area (Å²) in [6.45, 7) is 3.52. The van der Waals surface area contributed by atoms with Crippen LogP contribution in [0.2, 0.25) is 0 Å². The number of carbonyl (C=O) groups is 2. The molecule has 0 unspecified atom stereocenters. The summed E-state index contributed by atoms with van der Waals surface area (Å²) < 4.78 is 32.2. The van der Waals surface area contributed by atoms with Gasteiger partial charge in [0, 0.05) is 25.0 Å². The second-order valence-corrected chi connectivity index (χ2v) is 12.7. The first-order chi connectivity index (χ1) is 16.2. The number of benzene rings is 1. The molecule has 1 aromatic carbocycles. The molecule has 5 fully saturated rings. The highest BCUT2D eigenvalue weighted by atomic mass is 32.2. The summed E-state index contributed by atoms with van der Waals surface area (Å²) in [4.78, 5) is 26.1. The van der Waals surface area contributed by atoms with Crippen molar-refractivity contribution in [1.82, 2.24) is 14.9 Å². The molecule has 6 rings (SSSR count). The Morgan fingerprint density at radius 2 is 1.59 bits per heavy atom. The van der Waals surface area contributed by atoms with Crippen LogP contribution in [0.15, 0.2) is 29.2 Å². The highest BCUT2D eigenvalue weighted by molar-refractivity contribution is 7.89. The number of hydrogen-bond donors (Lipinski definition) is 2. The number of amides is 2. The fraction of sp³-hybridized carbons (Fsp3) is 0.680. The molecule has 2 N–H and O–H groups in total. The minimum Gasteiger partial charge on any atom is -0.379 e. The molecule has 0 spiro atoms. The standard InChI is InChI=1S/C25H35N3O5S/c1-17(27-24(30)25-13-19-10-20(14-25)12-21(11-19)15-25)23(29)26-16-18-2-4-22(5-3-18)34(31,32)28-6-8-33-9-7-28/h2-5,17,19-21H,6-16H2,1H3,(H,26,29)(H,27,30)/t17-,19?,20?,21?,25?/m1/s1. The van der Waals surface area contributed by atoms with E-state index < -0.39 is 16.1 Å². The zero-order chi connectivity index (χ0) is 23.9. The van der Waals surface area contributed by atoms with Crippen LogP contribution >= 0.6 is 0 Å². The van der Waals surface area contributed by atoms with Gasteiger partial charge < -0.3 is 15.4 Å². The fourth-order valence-corrected chi connectivity index (χ4v) is 8.27. The van der Waals surface area contributed by atoms with Crippen molar-refractivity contribution in [1.29, 1.82) is 0 Å². The van der Waals surface area contributed by atoms with Crippen LogP contribution in [0.4, 0.5) is 0 Å². The van der Waals surface area contributed by atoms with Gasteiger partial charge in [-0.3, -0.25) is 9.59 Å². The molecular weight excluding hydrogens is 454 g/mol. The van der Waals surface area contributed by atoms with Gasteiger partial charge >= 0.3 is 0 Å².